The fourth-order valence-electron chi connectivity index (χ4n) is 2.06. The number of methoxy groups -OCH3 is 1. The number of carbonyl (C=O) groups is 1. The normalized spacial score (nSPS) is 12.1. The number of rotatable bonds is 7. The van der Waals surface area contributed by atoms with Gasteiger partial charge in [-0.25, -0.2) is 4.98 Å². The van der Waals surface area contributed by atoms with Gasteiger partial charge in [0.2, 0.25) is 5.91 Å². The quantitative estimate of drug-likeness (QED) is 0.817. The summed E-state index contributed by atoms with van der Waals surface area (Å²) < 4.78 is 11.7. The first-order valence-electron chi connectivity index (χ1n) is 7.07. The summed E-state index contributed by atoms with van der Waals surface area (Å²) in [7, 11) is 1.61. The third kappa shape index (κ3) is 4.96. The van der Waals surface area contributed by atoms with Crippen molar-refractivity contribution in [2.75, 3.05) is 13.7 Å². The lowest BCUT2D eigenvalue weighted by atomic mass is 10.2. The summed E-state index contributed by atoms with van der Waals surface area (Å²) in [5.74, 6) is 1.22. The van der Waals surface area contributed by atoms with Crippen molar-refractivity contribution in [2.24, 2.45) is 0 Å². The molecule has 0 aliphatic heterocycles. The van der Waals surface area contributed by atoms with Crippen molar-refractivity contribution in [3.63, 3.8) is 0 Å². The van der Waals surface area contributed by atoms with Gasteiger partial charge in [-0.1, -0.05) is 28.1 Å². The van der Waals surface area contributed by atoms with Crippen molar-refractivity contribution in [1.82, 2.24) is 10.3 Å². The lowest BCUT2D eigenvalue weighted by Gasteiger charge is -2.11. The fraction of sp³-hybridized carbons (Fsp3) is 0.375. The van der Waals surface area contributed by atoms with Crippen LogP contribution in [-0.2, 0) is 16.0 Å². The van der Waals surface area contributed by atoms with Crippen LogP contribution in [0.3, 0.4) is 0 Å². The topological polar surface area (TPSA) is 64.4 Å². The number of halogens is 1. The second-order valence-corrected chi connectivity index (χ2v) is 5.97. The zero-order valence-corrected chi connectivity index (χ0v) is 14.2. The molecular formula is C16H19BrN2O3. The molecule has 1 aromatic carbocycles. The van der Waals surface area contributed by atoms with Crippen molar-refractivity contribution in [2.45, 2.75) is 25.8 Å². The van der Waals surface area contributed by atoms with Crippen molar-refractivity contribution in [3.05, 3.63) is 40.8 Å². The molecule has 0 saturated carbocycles. The minimum absolute atomic E-state index is 0.000657. The van der Waals surface area contributed by atoms with Gasteiger partial charge in [-0.15, -0.1) is 0 Å². The van der Waals surface area contributed by atoms with Gasteiger partial charge in [0.05, 0.1) is 12.8 Å². The number of ether oxygens (including phenoxy) is 1. The Hall–Kier alpha value is -1.66. The van der Waals surface area contributed by atoms with Crippen LogP contribution < -0.4 is 5.32 Å². The number of amides is 1. The summed E-state index contributed by atoms with van der Waals surface area (Å²) in [6, 6.07) is 7.80. The number of hydrogen-bond acceptors (Lipinski definition) is 4. The van der Waals surface area contributed by atoms with E-state index in [1.807, 2.05) is 31.2 Å². The average molecular weight is 367 g/mol. The molecule has 0 saturated heterocycles. The Bertz CT molecular complexity index is 627. The van der Waals surface area contributed by atoms with Crippen LogP contribution in [0.25, 0.3) is 11.3 Å². The van der Waals surface area contributed by atoms with Crippen LogP contribution in [0.2, 0.25) is 0 Å². The number of carbonyl (C=O) groups excluding carboxylic acids is 1. The molecule has 0 spiro atoms. The number of benzene rings is 1. The van der Waals surface area contributed by atoms with E-state index in [-0.39, 0.29) is 11.9 Å². The molecule has 1 N–H and O–H groups in total. The molecule has 0 fully saturated rings. The summed E-state index contributed by atoms with van der Waals surface area (Å²) in [6.07, 6.45) is 2.49. The first-order valence-corrected chi connectivity index (χ1v) is 7.86. The lowest BCUT2D eigenvalue weighted by molar-refractivity contribution is -0.122. The van der Waals surface area contributed by atoms with Crippen molar-refractivity contribution >= 4 is 21.8 Å². The number of hydrogen-bond donors (Lipinski definition) is 1. The molecule has 1 heterocycles. The summed E-state index contributed by atoms with van der Waals surface area (Å²) >= 11 is 3.43. The molecule has 6 heteroatoms. The number of aromatic nitrogens is 1. The van der Waals surface area contributed by atoms with Gasteiger partial charge in [0.25, 0.3) is 0 Å². The molecule has 0 radical (unpaired) electrons. The minimum Gasteiger partial charge on any atom is -0.441 e. The van der Waals surface area contributed by atoms with Crippen LogP contribution in [0.15, 0.2) is 39.4 Å². The molecule has 2 aromatic rings. The Morgan fingerprint density at radius 2 is 2.32 bits per heavy atom. The van der Waals surface area contributed by atoms with Crippen LogP contribution in [0.5, 0.6) is 0 Å². The monoisotopic (exact) mass is 366 g/mol. The first-order chi connectivity index (χ1) is 10.6. The maximum atomic E-state index is 11.8. The predicted molar refractivity (Wildman–Crippen MR) is 87.4 cm³/mol. The lowest BCUT2D eigenvalue weighted by Crippen LogP contribution is -2.35. The molecule has 1 atom stereocenters. The Morgan fingerprint density at radius 1 is 1.50 bits per heavy atom. The Balaban J connectivity index is 1.88. The second kappa shape index (κ2) is 8.10. The van der Waals surface area contributed by atoms with Gasteiger partial charge in [-0.2, -0.15) is 0 Å². The van der Waals surface area contributed by atoms with Crippen LogP contribution >= 0.6 is 15.9 Å². The van der Waals surface area contributed by atoms with E-state index < -0.39 is 0 Å². The van der Waals surface area contributed by atoms with E-state index in [9.17, 15) is 4.79 Å². The second-order valence-electron chi connectivity index (χ2n) is 5.05. The molecule has 2 rings (SSSR count). The van der Waals surface area contributed by atoms with Crippen LogP contribution in [0.4, 0.5) is 0 Å². The van der Waals surface area contributed by atoms with Crippen LogP contribution in [0.1, 0.15) is 19.2 Å². The smallest absolute Gasteiger partial charge is 0.220 e. The highest BCUT2D eigenvalue weighted by molar-refractivity contribution is 9.10. The maximum absolute atomic E-state index is 11.8. The standard InChI is InChI=1S/C16H19BrN2O3/c1-11(10-21-2)19-15(20)6-7-16-18-9-14(22-16)12-4-3-5-13(17)8-12/h3-5,8-9,11H,6-7,10H2,1-2H3,(H,19,20). The molecule has 22 heavy (non-hydrogen) atoms. The molecule has 0 aliphatic rings. The van der Waals surface area contributed by atoms with Gasteiger partial charge in [0.15, 0.2) is 11.7 Å². The third-order valence-electron chi connectivity index (χ3n) is 3.05. The number of oxazole rings is 1. The molecular weight excluding hydrogens is 348 g/mol. The van der Waals surface area contributed by atoms with Crippen LogP contribution in [-0.4, -0.2) is 30.6 Å². The Morgan fingerprint density at radius 3 is 3.05 bits per heavy atom. The van der Waals surface area contributed by atoms with E-state index in [2.05, 4.69) is 26.2 Å². The minimum atomic E-state index is -0.0354. The number of aryl methyl sites for hydroxylation is 1. The van der Waals surface area contributed by atoms with Gasteiger partial charge in [-0.05, 0) is 19.1 Å². The predicted octanol–water partition coefficient (Wildman–Crippen LogP) is 3.19. The largest absolute Gasteiger partial charge is 0.441 e. The van der Waals surface area contributed by atoms with E-state index in [4.69, 9.17) is 9.15 Å². The zero-order valence-electron chi connectivity index (χ0n) is 12.6. The summed E-state index contributed by atoms with van der Waals surface area (Å²) in [4.78, 5) is 16.0. The van der Waals surface area contributed by atoms with Crippen molar-refractivity contribution < 1.29 is 13.9 Å². The highest BCUT2D eigenvalue weighted by atomic mass is 79.9. The molecule has 1 amide bonds. The van der Waals surface area contributed by atoms with Crippen LogP contribution in [0, 0.1) is 0 Å². The summed E-state index contributed by atoms with van der Waals surface area (Å²) in [6.45, 7) is 2.40. The highest BCUT2D eigenvalue weighted by Gasteiger charge is 2.11. The molecule has 1 unspecified atom stereocenters. The number of nitrogens with one attached hydrogen (secondary N) is 1. The molecule has 118 valence electrons. The molecule has 0 aliphatic carbocycles. The Kier molecular flexibility index (Phi) is 6.15. The molecule has 1 aromatic heterocycles. The highest BCUT2D eigenvalue weighted by Crippen LogP contribution is 2.23. The molecule has 0 bridgehead atoms. The zero-order chi connectivity index (χ0) is 15.9. The SMILES string of the molecule is COCC(C)NC(=O)CCc1ncc(-c2cccc(Br)c2)o1. The van der Waals surface area contributed by atoms with Gasteiger partial charge in [-0.3, -0.25) is 4.79 Å². The fourth-order valence-corrected chi connectivity index (χ4v) is 2.46. The van der Waals surface area contributed by atoms with Crippen molar-refractivity contribution in [1.29, 1.82) is 0 Å². The van der Waals surface area contributed by atoms with Gasteiger partial charge in [0, 0.05) is 36.0 Å². The van der Waals surface area contributed by atoms with E-state index in [0.29, 0.717) is 31.1 Å². The van der Waals surface area contributed by atoms with Gasteiger partial charge < -0.3 is 14.5 Å². The molecule has 5 nitrogen and oxygen atoms in total. The maximum Gasteiger partial charge on any atom is 0.220 e. The third-order valence-corrected chi connectivity index (χ3v) is 3.55. The van der Waals surface area contributed by atoms with E-state index >= 15 is 0 Å². The first kappa shape index (κ1) is 16.7. The van der Waals surface area contributed by atoms with Gasteiger partial charge >= 0.3 is 0 Å². The van der Waals surface area contributed by atoms with E-state index in [1.165, 1.54) is 0 Å². The van der Waals surface area contributed by atoms with E-state index in [0.717, 1.165) is 10.0 Å². The summed E-state index contributed by atoms with van der Waals surface area (Å²) in [5, 5.41) is 2.86. The number of nitrogens with zero attached hydrogens (tertiary/aromatic N) is 1. The average Bonchev–Trinajstić information content (AvgIpc) is 2.94. The van der Waals surface area contributed by atoms with Gasteiger partial charge in [0.1, 0.15) is 0 Å². The van der Waals surface area contributed by atoms with E-state index in [1.54, 1.807) is 13.3 Å². The summed E-state index contributed by atoms with van der Waals surface area (Å²) in [5.41, 5.74) is 0.950. The Labute approximate surface area is 138 Å². The van der Waals surface area contributed by atoms with Crippen molar-refractivity contribution in [3.8, 4) is 11.3 Å².